The van der Waals surface area contributed by atoms with Crippen LogP contribution in [0, 0.1) is 17.0 Å². The molecule has 0 spiro atoms. The largest absolute Gasteiger partial charge is 0.497 e. The molecule has 10 nitrogen and oxygen atoms in total. The standard InChI is InChI=1S/C25H23N3O7/c1-16-8-13-20(21(14-16)28(32)33)27-25(31)23(17-6-4-3-5-7-17)35-22(29)15-26-24(30)18-9-11-19(34-2)12-10-18/h3-14,23H,15H2,1-2H3,(H,26,30)(H,27,31). The fourth-order valence-corrected chi connectivity index (χ4v) is 3.17. The molecule has 1 unspecified atom stereocenters. The SMILES string of the molecule is COc1ccc(C(=O)NCC(=O)OC(C(=O)Nc2ccc(C)cc2[N+](=O)[O-])c2ccccc2)cc1. The molecule has 0 aliphatic heterocycles. The van der Waals surface area contributed by atoms with Gasteiger partial charge in [-0.15, -0.1) is 0 Å². The van der Waals surface area contributed by atoms with Crippen molar-refractivity contribution in [3.05, 3.63) is 99.6 Å². The first-order valence-corrected chi connectivity index (χ1v) is 10.5. The Morgan fingerprint density at radius 3 is 2.31 bits per heavy atom. The van der Waals surface area contributed by atoms with Crippen LogP contribution in [0.25, 0.3) is 0 Å². The number of esters is 1. The van der Waals surface area contributed by atoms with Crippen LogP contribution in [0.1, 0.15) is 27.6 Å². The lowest BCUT2D eigenvalue weighted by atomic mass is 10.1. The Kier molecular flexibility index (Phi) is 8.12. The van der Waals surface area contributed by atoms with Gasteiger partial charge in [0.1, 0.15) is 18.0 Å². The van der Waals surface area contributed by atoms with Crippen LogP contribution >= 0.6 is 0 Å². The van der Waals surface area contributed by atoms with Crippen LogP contribution in [0.4, 0.5) is 11.4 Å². The molecule has 3 aromatic carbocycles. The summed E-state index contributed by atoms with van der Waals surface area (Å²) in [6, 6.07) is 18.8. The lowest BCUT2D eigenvalue weighted by Gasteiger charge is -2.18. The second-order valence-electron chi connectivity index (χ2n) is 7.46. The Morgan fingerprint density at radius 1 is 1.00 bits per heavy atom. The third-order valence-corrected chi connectivity index (χ3v) is 4.94. The van der Waals surface area contributed by atoms with E-state index in [2.05, 4.69) is 10.6 Å². The summed E-state index contributed by atoms with van der Waals surface area (Å²) < 4.78 is 10.4. The number of ether oxygens (including phenoxy) is 2. The van der Waals surface area contributed by atoms with Gasteiger partial charge in [-0.3, -0.25) is 24.5 Å². The Bertz CT molecular complexity index is 1230. The predicted molar refractivity (Wildman–Crippen MR) is 127 cm³/mol. The van der Waals surface area contributed by atoms with Crippen molar-refractivity contribution in [3.8, 4) is 5.75 Å². The van der Waals surface area contributed by atoms with Gasteiger partial charge in [0.25, 0.3) is 17.5 Å². The monoisotopic (exact) mass is 477 g/mol. The van der Waals surface area contributed by atoms with E-state index < -0.39 is 35.4 Å². The number of nitro benzene ring substituents is 1. The molecule has 2 amide bonds. The number of nitrogens with zero attached hydrogens (tertiary/aromatic N) is 1. The molecular weight excluding hydrogens is 454 g/mol. The zero-order valence-electron chi connectivity index (χ0n) is 19.0. The number of aryl methyl sites for hydroxylation is 1. The number of nitro groups is 1. The summed E-state index contributed by atoms with van der Waals surface area (Å²) >= 11 is 0. The molecule has 0 bridgehead atoms. The lowest BCUT2D eigenvalue weighted by molar-refractivity contribution is -0.384. The minimum Gasteiger partial charge on any atom is -0.497 e. The Balaban J connectivity index is 1.72. The fourth-order valence-electron chi connectivity index (χ4n) is 3.17. The Morgan fingerprint density at radius 2 is 1.69 bits per heavy atom. The van der Waals surface area contributed by atoms with Gasteiger partial charge < -0.3 is 20.1 Å². The van der Waals surface area contributed by atoms with E-state index in [1.807, 2.05) is 0 Å². The Hall–Kier alpha value is -4.73. The number of methoxy groups -OCH3 is 1. The molecule has 0 aromatic heterocycles. The number of amides is 2. The third-order valence-electron chi connectivity index (χ3n) is 4.94. The zero-order valence-corrected chi connectivity index (χ0v) is 19.0. The van der Waals surface area contributed by atoms with Crippen LogP contribution in [0.15, 0.2) is 72.8 Å². The molecular formula is C25H23N3O7. The van der Waals surface area contributed by atoms with E-state index >= 15 is 0 Å². The molecule has 1 atom stereocenters. The number of benzene rings is 3. The number of hydrogen-bond acceptors (Lipinski definition) is 7. The normalized spacial score (nSPS) is 11.1. The van der Waals surface area contributed by atoms with Gasteiger partial charge in [-0.1, -0.05) is 36.4 Å². The van der Waals surface area contributed by atoms with E-state index in [0.29, 0.717) is 22.4 Å². The van der Waals surface area contributed by atoms with Crippen molar-refractivity contribution in [2.24, 2.45) is 0 Å². The van der Waals surface area contributed by atoms with Crippen molar-refractivity contribution in [1.29, 1.82) is 0 Å². The molecule has 35 heavy (non-hydrogen) atoms. The second kappa shape index (κ2) is 11.4. The zero-order chi connectivity index (χ0) is 25.4. The quantitative estimate of drug-likeness (QED) is 0.273. The van der Waals surface area contributed by atoms with Gasteiger partial charge in [0.15, 0.2) is 0 Å². The maximum Gasteiger partial charge on any atom is 0.326 e. The van der Waals surface area contributed by atoms with Gasteiger partial charge in [-0.2, -0.15) is 0 Å². The molecule has 0 radical (unpaired) electrons. The molecule has 0 heterocycles. The molecule has 10 heteroatoms. The molecule has 0 fully saturated rings. The van der Waals surface area contributed by atoms with E-state index in [0.717, 1.165) is 0 Å². The highest BCUT2D eigenvalue weighted by Crippen LogP contribution is 2.27. The van der Waals surface area contributed by atoms with Gasteiger partial charge in [0.05, 0.1) is 12.0 Å². The van der Waals surface area contributed by atoms with Crippen molar-refractivity contribution in [2.45, 2.75) is 13.0 Å². The van der Waals surface area contributed by atoms with E-state index in [1.54, 1.807) is 55.5 Å². The first kappa shape index (κ1) is 24.9. The van der Waals surface area contributed by atoms with E-state index in [9.17, 15) is 24.5 Å². The molecule has 2 N–H and O–H groups in total. The smallest absolute Gasteiger partial charge is 0.326 e. The molecule has 0 saturated carbocycles. The number of carbonyl (C=O) groups excluding carboxylic acids is 3. The van der Waals surface area contributed by atoms with Crippen LogP contribution in [0.5, 0.6) is 5.75 Å². The highest BCUT2D eigenvalue weighted by atomic mass is 16.6. The lowest BCUT2D eigenvalue weighted by Crippen LogP contribution is -2.33. The van der Waals surface area contributed by atoms with E-state index in [4.69, 9.17) is 9.47 Å². The number of nitrogens with one attached hydrogen (secondary N) is 2. The van der Waals surface area contributed by atoms with Crippen molar-refractivity contribution >= 4 is 29.2 Å². The summed E-state index contributed by atoms with van der Waals surface area (Å²) in [5, 5.41) is 16.3. The van der Waals surface area contributed by atoms with Gasteiger partial charge in [0.2, 0.25) is 6.10 Å². The third kappa shape index (κ3) is 6.64. The van der Waals surface area contributed by atoms with Crippen molar-refractivity contribution in [2.75, 3.05) is 19.0 Å². The average Bonchev–Trinajstić information content (AvgIpc) is 2.87. The van der Waals surface area contributed by atoms with Gasteiger partial charge in [-0.05, 0) is 42.8 Å². The number of rotatable bonds is 9. The van der Waals surface area contributed by atoms with Gasteiger partial charge >= 0.3 is 5.97 Å². The molecule has 0 aliphatic rings. The first-order valence-electron chi connectivity index (χ1n) is 10.5. The van der Waals surface area contributed by atoms with Crippen molar-refractivity contribution in [1.82, 2.24) is 5.32 Å². The first-order chi connectivity index (χ1) is 16.8. The number of carbonyl (C=O) groups is 3. The van der Waals surface area contributed by atoms with Crippen LogP contribution in [0.3, 0.4) is 0 Å². The topological polar surface area (TPSA) is 137 Å². The molecule has 3 rings (SSSR count). The van der Waals surface area contributed by atoms with Crippen molar-refractivity contribution < 1.29 is 28.8 Å². The summed E-state index contributed by atoms with van der Waals surface area (Å²) in [6.45, 7) is 1.19. The summed E-state index contributed by atoms with van der Waals surface area (Å²) in [4.78, 5) is 48.6. The highest BCUT2D eigenvalue weighted by Gasteiger charge is 2.27. The second-order valence-corrected chi connectivity index (χ2v) is 7.46. The Labute approximate surface area is 201 Å². The molecule has 180 valence electrons. The molecule has 0 aliphatic carbocycles. The maximum atomic E-state index is 13.0. The minimum absolute atomic E-state index is 0.0320. The highest BCUT2D eigenvalue weighted by molar-refractivity contribution is 5.99. The predicted octanol–water partition coefficient (Wildman–Crippen LogP) is 3.56. The summed E-state index contributed by atoms with van der Waals surface area (Å²) in [5.41, 5.74) is 0.990. The van der Waals surface area contributed by atoms with Crippen LogP contribution in [-0.4, -0.2) is 36.4 Å². The summed E-state index contributed by atoms with van der Waals surface area (Å²) in [5.74, 6) is -1.58. The molecule has 0 saturated heterocycles. The van der Waals surface area contributed by atoms with Crippen LogP contribution < -0.4 is 15.4 Å². The minimum atomic E-state index is -1.40. The molecule has 3 aromatic rings. The number of hydrogen-bond donors (Lipinski definition) is 2. The van der Waals surface area contributed by atoms with Gasteiger partial charge in [0, 0.05) is 17.2 Å². The van der Waals surface area contributed by atoms with Crippen LogP contribution in [0.2, 0.25) is 0 Å². The number of anilines is 1. The van der Waals surface area contributed by atoms with Gasteiger partial charge in [-0.25, -0.2) is 0 Å². The summed E-state index contributed by atoms with van der Waals surface area (Å²) in [6.07, 6.45) is -1.40. The van der Waals surface area contributed by atoms with Crippen molar-refractivity contribution in [3.63, 3.8) is 0 Å². The fraction of sp³-hybridized carbons (Fsp3) is 0.160. The van der Waals surface area contributed by atoms with E-state index in [1.165, 1.54) is 31.4 Å². The summed E-state index contributed by atoms with van der Waals surface area (Å²) in [7, 11) is 1.50. The average molecular weight is 477 g/mol. The maximum absolute atomic E-state index is 13.0. The van der Waals surface area contributed by atoms with E-state index in [-0.39, 0.29) is 11.4 Å². The van der Waals surface area contributed by atoms with Crippen LogP contribution in [-0.2, 0) is 14.3 Å².